The van der Waals surface area contributed by atoms with Crippen LogP contribution in [0.25, 0.3) is 0 Å². The van der Waals surface area contributed by atoms with Gasteiger partial charge in [-0.3, -0.25) is 4.79 Å². The second kappa shape index (κ2) is 6.34. The molecule has 1 aromatic rings. The van der Waals surface area contributed by atoms with Crippen LogP contribution in [-0.2, 0) is 16.1 Å². The summed E-state index contributed by atoms with van der Waals surface area (Å²) in [7, 11) is 0. The molecule has 1 heterocycles. The minimum atomic E-state index is -0.0697. The van der Waals surface area contributed by atoms with Gasteiger partial charge in [-0.2, -0.15) is 0 Å². The van der Waals surface area contributed by atoms with E-state index >= 15 is 0 Å². The number of esters is 1. The number of piperidine rings is 1. The van der Waals surface area contributed by atoms with Gasteiger partial charge in [0.2, 0.25) is 0 Å². The van der Waals surface area contributed by atoms with E-state index in [9.17, 15) is 4.79 Å². The summed E-state index contributed by atoms with van der Waals surface area (Å²) in [6.45, 7) is 4.24. The first-order valence-corrected chi connectivity index (χ1v) is 7.08. The van der Waals surface area contributed by atoms with Crippen LogP contribution >= 0.6 is 15.9 Å². The molecular weight excluding hydrogens is 294 g/mol. The molecule has 3 nitrogen and oxygen atoms in total. The number of carbonyl (C=O) groups excluding carboxylic acids is 1. The van der Waals surface area contributed by atoms with Crippen molar-refractivity contribution in [1.82, 2.24) is 5.32 Å². The fraction of sp³-hybridized carbons (Fsp3) is 0.500. The minimum absolute atomic E-state index is 0.0359. The maximum atomic E-state index is 12.0. The lowest BCUT2D eigenvalue weighted by Crippen LogP contribution is -2.39. The van der Waals surface area contributed by atoms with Gasteiger partial charge in [-0.1, -0.05) is 41.1 Å². The summed E-state index contributed by atoms with van der Waals surface area (Å²) in [5.41, 5.74) is 1.01. The highest BCUT2D eigenvalue weighted by Gasteiger charge is 2.28. The Kier molecular flexibility index (Phi) is 4.78. The monoisotopic (exact) mass is 311 g/mol. The van der Waals surface area contributed by atoms with Crippen molar-refractivity contribution in [3.63, 3.8) is 0 Å². The lowest BCUT2D eigenvalue weighted by atomic mass is 9.88. The van der Waals surface area contributed by atoms with Crippen LogP contribution in [0.1, 0.15) is 18.9 Å². The molecule has 0 radical (unpaired) electrons. The van der Waals surface area contributed by atoms with Gasteiger partial charge >= 0.3 is 5.97 Å². The predicted octanol–water partition coefficient (Wildman–Crippen LogP) is 2.74. The van der Waals surface area contributed by atoms with Gasteiger partial charge in [0.15, 0.2) is 0 Å². The Hall–Kier alpha value is -0.870. The Morgan fingerprint density at radius 2 is 2.28 bits per heavy atom. The largest absolute Gasteiger partial charge is 0.461 e. The van der Waals surface area contributed by atoms with E-state index in [1.807, 2.05) is 24.3 Å². The zero-order chi connectivity index (χ0) is 13.0. The number of rotatable bonds is 3. The van der Waals surface area contributed by atoms with Crippen LogP contribution in [0.15, 0.2) is 28.7 Å². The molecule has 98 valence electrons. The molecule has 0 aliphatic carbocycles. The van der Waals surface area contributed by atoms with Crippen LogP contribution < -0.4 is 5.32 Å². The van der Waals surface area contributed by atoms with Crippen molar-refractivity contribution in [3.8, 4) is 0 Å². The van der Waals surface area contributed by atoms with E-state index in [1.54, 1.807) is 0 Å². The van der Waals surface area contributed by atoms with Crippen LogP contribution in [0.5, 0.6) is 0 Å². The lowest BCUT2D eigenvalue weighted by Gasteiger charge is -2.27. The average Bonchev–Trinajstić information content (AvgIpc) is 2.38. The smallest absolute Gasteiger partial charge is 0.309 e. The van der Waals surface area contributed by atoms with Crippen molar-refractivity contribution >= 4 is 21.9 Å². The molecule has 0 bridgehead atoms. The van der Waals surface area contributed by atoms with E-state index in [1.165, 1.54) is 0 Å². The topological polar surface area (TPSA) is 38.3 Å². The Bertz CT molecular complexity index is 422. The van der Waals surface area contributed by atoms with Crippen molar-refractivity contribution in [1.29, 1.82) is 0 Å². The lowest BCUT2D eigenvalue weighted by molar-refractivity contribution is -0.152. The van der Waals surface area contributed by atoms with Gasteiger partial charge in [0.1, 0.15) is 6.61 Å². The zero-order valence-corrected chi connectivity index (χ0v) is 12.1. The van der Waals surface area contributed by atoms with Crippen LogP contribution in [0.2, 0.25) is 0 Å². The van der Waals surface area contributed by atoms with Crippen molar-refractivity contribution < 1.29 is 9.53 Å². The molecule has 1 saturated heterocycles. The highest BCUT2D eigenvalue weighted by molar-refractivity contribution is 9.10. The molecule has 0 amide bonds. The van der Waals surface area contributed by atoms with E-state index in [-0.39, 0.29) is 11.9 Å². The van der Waals surface area contributed by atoms with E-state index in [2.05, 4.69) is 28.2 Å². The van der Waals surface area contributed by atoms with Crippen molar-refractivity contribution in [2.45, 2.75) is 20.0 Å². The number of nitrogens with one attached hydrogen (secondary N) is 1. The summed E-state index contributed by atoms with van der Waals surface area (Å²) >= 11 is 3.45. The van der Waals surface area contributed by atoms with Crippen molar-refractivity contribution in [2.24, 2.45) is 11.8 Å². The van der Waals surface area contributed by atoms with E-state index in [0.29, 0.717) is 12.5 Å². The molecule has 2 unspecified atom stereocenters. The first-order chi connectivity index (χ1) is 8.68. The second-order valence-corrected chi connectivity index (χ2v) is 5.63. The zero-order valence-electron chi connectivity index (χ0n) is 10.5. The van der Waals surface area contributed by atoms with E-state index in [4.69, 9.17) is 4.74 Å². The molecule has 0 aromatic heterocycles. The third-order valence-corrected chi connectivity index (χ3v) is 4.19. The summed E-state index contributed by atoms with van der Waals surface area (Å²) in [6.07, 6.45) is 0.871. The van der Waals surface area contributed by atoms with E-state index < -0.39 is 0 Å². The average molecular weight is 312 g/mol. The van der Waals surface area contributed by atoms with Crippen molar-refractivity contribution in [3.05, 3.63) is 34.3 Å². The molecule has 0 saturated carbocycles. The standard InChI is InChI=1S/C14H18BrNO2/c1-10-8-16-7-6-12(10)14(17)18-9-11-4-2-3-5-13(11)15/h2-5,10,12,16H,6-9H2,1H3. The molecule has 1 aliphatic heterocycles. The molecule has 1 aromatic carbocycles. The molecular formula is C14H18BrNO2. The number of hydrogen-bond acceptors (Lipinski definition) is 3. The minimum Gasteiger partial charge on any atom is -0.461 e. The Balaban J connectivity index is 1.90. The quantitative estimate of drug-likeness (QED) is 0.872. The molecule has 18 heavy (non-hydrogen) atoms. The molecule has 1 N–H and O–H groups in total. The van der Waals surface area contributed by atoms with Gasteiger partial charge in [0, 0.05) is 10.0 Å². The molecule has 2 rings (SSSR count). The van der Waals surface area contributed by atoms with Crippen molar-refractivity contribution in [2.75, 3.05) is 13.1 Å². The molecule has 2 atom stereocenters. The molecule has 4 heteroatoms. The molecule has 1 fully saturated rings. The van der Waals surface area contributed by atoms with Gasteiger partial charge in [0.25, 0.3) is 0 Å². The predicted molar refractivity (Wildman–Crippen MR) is 74.1 cm³/mol. The normalized spacial score (nSPS) is 23.7. The fourth-order valence-corrected chi connectivity index (χ4v) is 2.63. The summed E-state index contributed by atoms with van der Waals surface area (Å²) in [5, 5.41) is 3.29. The molecule has 1 aliphatic rings. The van der Waals surface area contributed by atoms with Crippen LogP contribution in [0.4, 0.5) is 0 Å². The number of ether oxygens (including phenoxy) is 1. The molecule has 0 spiro atoms. The third kappa shape index (κ3) is 3.33. The first-order valence-electron chi connectivity index (χ1n) is 6.29. The van der Waals surface area contributed by atoms with Gasteiger partial charge in [0.05, 0.1) is 5.92 Å². The third-order valence-electron chi connectivity index (χ3n) is 3.42. The number of benzene rings is 1. The van der Waals surface area contributed by atoms with Gasteiger partial charge in [-0.05, 0) is 31.5 Å². The Morgan fingerprint density at radius 1 is 1.50 bits per heavy atom. The summed E-state index contributed by atoms with van der Waals surface area (Å²) in [5.74, 6) is 0.318. The van der Waals surface area contributed by atoms with Gasteiger partial charge in [-0.15, -0.1) is 0 Å². The van der Waals surface area contributed by atoms with Gasteiger partial charge < -0.3 is 10.1 Å². The highest BCUT2D eigenvalue weighted by atomic mass is 79.9. The maximum Gasteiger partial charge on any atom is 0.309 e. The van der Waals surface area contributed by atoms with Gasteiger partial charge in [-0.25, -0.2) is 0 Å². The fourth-order valence-electron chi connectivity index (χ4n) is 2.24. The second-order valence-electron chi connectivity index (χ2n) is 4.78. The number of halogens is 1. The number of hydrogen-bond donors (Lipinski definition) is 1. The maximum absolute atomic E-state index is 12.0. The first kappa shape index (κ1) is 13.6. The SMILES string of the molecule is CC1CNCCC1C(=O)OCc1ccccc1Br. The Morgan fingerprint density at radius 3 is 3.00 bits per heavy atom. The summed E-state index contributed by atoms with van der Waals surface area (Å²) in [4.78, 5) is 12.0. The number of carbonyl (C=O) groups is 1. The van der Waals surface area contributed by atoms with Crippen LogP contribution in [0, 0.1) is 11.8 Å². The summed E-state index contributed by atoms with van der Waals surface area (Å²) < 4.78 is 6.40. The van der Waals surface area contributed by atoms with Crippen LogP contribution in [0.3, 0.4) is 0 Å². The highest BCUT2D eigenvalue weighted by Crippen LogP contribution is 2.22. The summed E-state index contributed by atoms with van der Waals surface area (Å²) in [6, 6.07) is 7.81. The van der Waals surface area contributed by atoms with Crippen LogP contribution in [-0.4, -0.2) is 19.1 Å². The Labute approximate surface area is 116 Å². The van der Waals surface area contributed by atoms with E-state index in [0.717, 1.165) is 29.5 Å².